The summed E-state index contributed by atoms with van der Waals surface area (Å²) in [6, 6.07) is 7.30. The van der Waals surface area contributed by atoms with E-state index in [4.69, 9.17) is 25.4 Å². The van der Waals surface area contributed by atoms with Gasteiger partial charge in [0.2, 0.25) is 0 Å². The maximum Gasteiger partial charge on any atom is 0.459 e. The molecule has 1 aliphatic rings. The van der Waals surface area contributed by atoms with E-state index in [0.717, 1.165) is 0 Å². The van der Waals surface area contributed by atoms with Gasteiger partial charge >= 0.3 is 19.4 Å². The molecule has 2 heterocycles. The number of hydrogen-bond acceptors (Lipinski definition) is 8. The zero-order valence-corrected chi connectivity index (χ0v) is 21.0. The Labute approximate surface area is 206 Å². The fourth-order valence-corrected chi connectivity index (χ4v) is 5.16. The lowest BCUT2D eigenvalue weighted by Gasteiger charge is -2.24. The molecule has 0 amide bonds. The van der Waals surface area contributed by atoms with Crippen LogP contribution in [0.3, 0.4) is 0 Å². The van der Waals surface area contributed by atoms with Crippen molar-refractivity contribution in [2.45, 2.75) is 44.0 Å². The largest absolute Gasteiger partial charge is 0.468 e. The summed E-state index contributed by atoms with van der Waals surface area (Å²) in [5.74, 6) is -0.406. The minimum absolute atomic E-state index is 0.229. The third kappa shape index (κ3) is 6.93. The summed E-state index contributed by atoms with van der Waals surface area (Å²) in [6.07, 6.45) is 3.30. The number of hydrogen-bond donors (Lipinski definition) is 2. The predicted octanol–water partition coefficient (Wildman–Crippen LogP) is 2.82. The number of para-hydroxylation sites is 1. The molecule has 2 N–H and O–H groups in total. The van der Waals surface area contributed by atoms with Gasteiger partial charge in [-0.25, -0.2) is 9.36 Å². The van der Waals surface area contributed by atoms with E-state index in [1.165, 1.54) is 24.8 Å². The third-order valence-corrected chi connectivity index (χ3v) is 7.20. The molecule has 0 radical (unpaired) electrons. The normalized spacial score (nSPS) is 22.6. The first-order chi connectivity index (χ1) is 16.7. The van der Waals surface area contributed by atoms with Crippen LogP contribution in [0.25, 0.3) is 6.08 Å². The van der Waals surface area contributed by atoms with Gasteiger partial charge in [0.25, 0.3) is 5.56 Å². The topological polar surface area (TPSA) is 138 Å². The number of ether oxygens (including phenoxy) is 2. The van der Waals surface area contributed by atoms with Crippen LogP contribution < -0.4 is 20.9 Å². The standard InChI is InChI=1S/C22H27ClN3O8P/c1-4-8-15-12-26(22(29)24-20(15)27)19-11-17(23)18(33-19)13-32-35(30,25-14(2)21(28)31-3)34-16-9-6-5-7-10-16/h4-10,12,14,17-19H,11,13H2,1-3H3,(H,25,30)(H,24,27,29)/b8-4+. The maximum atomic E-state index is 13.5. The molecule has 1 aromatic heterocycles. The van der Waals surface area contributed by atoms with E-state index in [1.54, 1.807) is 49.4 Å². The SMILES string of the molecule is C/C=C/c1cn(C2CC(Cl)C(COP(=O)(NC(C)C(=O)OC)Oc3ccccc3)O2)c(=O)[nH]c1=O. The summed E-state index contributed by atoms with van der Waals surface area (Å²) >= 11 is 6.44. The van der Waals surface area contributed by atoms with Crippen molar-refractivity contribution in [3.63, 3.8) is 0 Å². The van der Waals surface area contributed by atoms with Gasteiger partial charge in [0.05, 0.1) is 24.7 Å². The molecule has 1 aromatic carbocycles. The van der Waals surface area contributed by atoms with E-state index >= 15 is 0 Å². The van der Waals surface area contributed by atoms with Crippen LogP contribution in [0.2, 0.25) is 0 Å². The molecule has 35 heavy (non-hydrogen) atoms. The predicted molar refractivity (Wildman–Crippen MR) is 129 cm³/mol. The summed E-state index contributed by atoms with van der Waals surface area (Å²) in [4.78, 5) is 38.4. The van der Waals surface area contributed by atoms with Gasteiger partial charge in [-0.05, 0) is 26.0 Å². The molecule has 3 rings (SSSR count). The fourth-order valence-electron chi connectivity index (χ4n) is 3.37. The number of carbonyl (C=O) groups is 1. The number of esters is 1. The number of benzene rings is 1. The number of allylic oxidation sites excluding steroid dienone is 1. The van der Waals surface area contributed by atoms with Crippen LogP contribution in [-0.2, 0) is 23.4 Å². The number of nitrogens with one attached hydrogen (secondary N) is 2. The number of halogens is 1. The number of aromatic amines is 1. The molecule has 5 unspecified atom stereocenters. The van der Waals surface area contributed by atoms with E-state index in [2.05, 4.69) is 14.8 Å². The van der Waals surface area contributed by atoms with Crippen molar-refractivity contribution < 1.29 is 27.9 Å². The van der Waals surface area contributed by atoms with Gasteiger partial charge in [-0.2, -0.15) is 5.09 Å². The minimum atomic E-state index is -4.08. The fraction of sp³-hybridized carbons (Fsp3) is 0.409. The molecule has 0 spiro atoms. The Balaban J connectivity index is 1.75. The van der Waals surface area contributed by atoms with E-state index in [9.17, 15) is 18.9 Å². The maximum absolute atomic E-state index is 13.5. The second kappa shape index (κ2) is 11.8. The molecule has 1 aliphatic heterocycles. The highest BCUT2D eigenvalue weighted by Gasteiger charge is 2.39. The Morgan fingerprint density at radius 3 is 2.74 bits per heavy atom. The molecular weight excluding hydrogens is 501 g/mol. The van der Waals surface area contributed by atoms with Gasteiger partial charge in [0, 0.05) is 12.6 Å². The van der Waals surface area contributed by atoms with Gasteiger partial charge in [-0.15, -0.1) is 11.6 Å². The Morgan fingerprint density at radius 1 is 1.37 bits per heavy atom. The monoisotopic (exact) mass is 527 g/mol. The number of nitrogens with zero attached hydrogens (tertiary/aromatic N) is 1. The van der Waals surface area contributed by atoms with E-state index < -0.39 is 48.7 Å². The first-order valence-electron chi connectivity index (χ1n) is 10.8. The number of alkyl halides is 1. The first-order valence-corrected chi connectivity index (χ1v) is 12.8. The minimum Gasteiger partial charge on any atom is -0.468 e. The molecule has 0 bridgehead atoms. The van der Waals surface area contributed by atoms with Crippen LogP contribution in [0.5, 0.6) is 5.75 Å². The molecule has 190 valence electrons. The lowest BCUT2D eigenvalue weighted by Crippen LogP contribution is -2.36. The average molecular weight is 528 g/mol. The molecule has 13 heteroatoms. The van der Waals surface area contributed by atoms with Gasteiger partial charge in [0.15, 0.2) is 0 Å². The van der Waals surface area contributed by atoms with Crippen molar-refractivity contribution in [1.82, 2.24) is 14.6 Å². The Morgan fingerprint density at radius 2 is 2.09 bits per heavy atom. The molecule has 1 fully saturated rings. The quantitative estimate of drug-likeness (QED) is 0.271. The zero-order chi connectivity index (χ0) is 25.6. The lowest BCUT2D eigenvalue weighted by atomic mass is 10.2. The van der Waals surface area contributed by atoms with Crippen LogP contribution >= 0.6 is 19.3 Å². The van der Waals surface area contributed by atoms with Crippen LogP contribution in [0.15, 0.2) is 52.2 Å². The summed E-state index contributed by atoms with van der Waals surface area (Å²) < 4.78 is 36.4. The summed E-state index contributed by atoms with van der Waals surface area (Å²) in [5.41, 5.74) is -0.886. The Kier molecular flexibility index (Phi) is 9.09. The number of rotatable bonds is 10. The lowest BCUT2D eigenvalue weighted by molar-refractivity contribution is -0.142. The zero-order valence-electron chi connectivity index (χ0n) is 19.4. The van der Waals surface area contributed by atoms with Crippen molar-refractivity contribution in [1.29, 1.82) is 0 Å². The van der Waals surface area contributed by atoms with E-state index in [1.807, 2.05) is 0 Å². The van der Waals surface area contributed by atoms with E-state index in [0.29, 0.717) is 0 Å². The highest BCUT2D eigenvalue weighted by Crippen LogP contribution is 2.46. The molecule has 0 saturated carbocycles. The molecule has 11 nitrogen and oxygen atoms in total. The van der Waals surface area contributed by atoms with E-state index in [-0.39, 0.29) is 24.3 Å². The molecule has 0 aliphatic carbocycles. The number of H-pyrrole nitrogens is 1. The van der Waals surface area contributed by atoms with Gasteiger partial charge in [-0.1, -0.05) is 30.4 Å². The second-order valence-electron chi connectivity index (χ2n) is 7.70. The smallest absolute Gasteiger partial charge is 0.459 e. The summed E-state index contributed by atoms with van der Waals surface area (Å²) in [5, 5.41) is 1.94. The number of methoxy groups -OCH3 is 1. The van der Waals surface area contributed by atoms with Crippen LogP contribution in [0, 0.1) is 0 Å². The van der Waals surface area contributed by atoms with Crippen LogP contribution in [0.4, 0.5) is 0 Å². The number of carbonyl (C=O) groups excluding carboxylic acids is 1. The molecule has 1 saturated heterocycles. The summed E-state index contributed by atoms with van der Waals surface area (Å²) in [7, 11) is -2.88. The number of aromatic nitrogens is 2. The van der Waals surface area contributed by atoms with Gasteiger partial charge < -0.3 is 14.0 Å². The van der Waals surface area contributed by atoms with Crippen molar-refractivity contribution in [3.8, 4) is 5.75 Å². The molecular formula is C22H27ClN3O8P. The highest BCUT2D eigenvalue weighted by atomic mass is 35.5. The van der Waals surface area contributed by atoms with Crippen molar-refractivity contribution in [3.05, 3.63) is 69.0 Å². The van der Waals surface area contributed by atoms with Crippen molar-refractivity contribution >= 4 is 31.4 Å². The molecule has 5 atom stereocenters. The first kappa shape index (κ1) is 26.9. The van der Waals surface area contributed by atoms with Crippen LogP contribution in [-0.4, -0.2) is 46.8 Å². The van der Waals surface area contributed by atoms with Crippen LogP contribution in [0.1, 0.15) is 32.1 Å². The highest BCUT2D eigenvalue weighted by molar-refractivity contribution is 7.52. The Bertz CT molecular complexity index is 1220. The molecule has 2 aromatic rings. The second-order valence-corrected chi connectivity index (χ2v) is 9.96. The summed E-state index contributed by atoms with van der Waals surface area (Å²) in [6.45, 7) is 2.93. The van der Waals surface area contributed by atoms with Gasteiger partial charge in [-0.3, -0.25) is 23.7 Å². The Hall–Kier alpha value is -2.69. The van der Waals surface area contributed by atoms with Gasteiger partial charge in [0.1, 0.15) is 24.1 Å². The van der Waals surface area contributed by atoms with Crippen molar-refractivity contribution in [2.24, 2.45) is 0 Å². The van der Waals surface area contributed by atoms with Crippen molar-refractivity contribution in [2.75, 3.05) is 13.7 Å². The average Bonchev–Trinajstić information content (AvgIpc) is 3.19. The third-order valence-electron chi connectivity index (χ3n) is 5.10.